The third kappa shape index (κ3) is 5.84. The Bertz CT molecular complexity index is 810. The minimum absolute atomic E-state index is 0.233. The van der Waals surface area contributed by atoms with Crippen LogP contribution in [0, 0.1) is 0 Å². The molecule has 1 aromatic carbocycles. The summed E-state index contributed by atoms with van der Waals surface area (Å²) in [5, 5.41) is 1.82. The molecule has 2 rings (SSSR count). The SMILES string of the molecule is CC(C)(C)[Si](C)(C)OCCCn1ccc2c(CO[Si](C)(C)C(C)(C)C)cccc21. The molecule has 0 unspecified atom stereocenters. The lowest BCUT2D eigenvalue weighted by atomic mass is 10.1. The van der Waals surface area contributed by atoms with Crippen molar-refractivity contribution in [2.75, 3.05) is 6.61 Å². The summed E-state index contributed by atoms with van der Waals surface area (Å²) in [6, 6.07) is 8.84. The van der Waals surface area contributed by atoms with Crippen LogP contribution in [0.15, 0.2) is 30.5 Å². The lowest BCUT2D eigenvalue weighted by Gasteiger charge is -2.36. The molecule has 1 heterocycles. The van der Waals surface area contributed by atoms with Gasteiger partial charge >= 0.3 is 0 Å². The molecule has 3 nitrogen and oxygen atoms in total. The van der Waals surface area contributed by atoms with Crippen molar-refractivity contribution in [1.82, 2.24) is 4.57 Å². The number of aryl methyl sites for hydroxylation is 1. The molecule has 0 N–H and O–H groups in total. The van der Waals surface area contributed by atoms with Crippen molar-refractivity contribution < 1.29 is 8.85 Å². The fourth-order valence-electron chi connectivity index (χ4n) is 2.86. The van der Waals surface area contributed by atoms with E-state index in [1.165, 1.54) is 16.5 Å². The molecule has 0 atom stereocenters. The van der Waals surface area contributed by atoms with Crippen LogP contribution in [0.2, 0.25) is 36.3 Å². The van der Waals surface area contributed by atoms with E-state index in [9.17, 15) is 0 Å². The highest BCUT2D eigenvalue weighted by atomic mass is 28.4. The van der Waals surface area contributed by atoms with E-state index in [2.05, 4.69) is 103 Å². The number of benzene rings is 1. The fourth-order valence-corrected chi connectivity index (χ4v) is 4.90. The summed E-state index contributed by atoms with van der Waals surface area (Å²) >= 11 is 0. The van der Waals surface area contributed by atoms with Crippen LogP contribution in [-0.4, -0.2) is 27.8 Å². The van der Waals surface area contributed by atoms with Gasteiger partial charge in [-0.3, -0.25) is 0 Å². The summed E-state index contributed by atoms with van der Waals surface area (Å²) in [5.74, 6) is 0. The minimum Gasteiger partial charge on any atom is -0.417 e. The summed E-state index contributed by atoms with van der Waals surface area (Å²) in [4.78, 5) is 0. The Kier molecular flexibility index (Phi) is 7.31. The molecule has 0 bridgehead atoms. The van der Waals surface area contributed by atoms with Crippen LogP contribution in [0.25, 0.3) is 10.9 Å². The van der Waals surface area contributed by atoms with Crippen LogP contribution in [0.4, 0.5) is 0 Å². The van der Waals surface area contributed by atoms with Crippen molar-refractivity contribution in [2.45, 2.75) is 97.4 Å². The Hall–Kier alpha value is -0.886. The zero-order valence-corrected chi connectivity index (χ0v) is 22.5. The molecule has 29 heavy (non-hydrogen) atoms. The Morgan fingerprint density at radius 3 is 2.00 bits per heavy atom. The van der Waals surface area contributed by atoms with Gasteiger partial charge in [0, 0.05) is 30.3 Å². The largest absolute Gasteiger partial charge is 0.417 e. The van der Waals surface area contributed by atoms with Crippen molar-refractivity contribution >= 4 is 27.5 Å². The van der Waals surface area contributed by atoms with Gasteiger partial charge in [-0.25, -0.2) is 0 Å². The highest BCUT2D eigenvalue weighted by molar-refractivity contribution is 6.74. The number of nitrogens with zero attached hydrogens (tertiary/aromatic N) is 1. The van der Waals surface area contributed by atoms with Crippen LogP contribution < -0.4 is 0 Å². The van der Waals surface area contributed by atoms with Crippen molar-refractivity contribution in [3.63, 3.8) is 0 Å². The van der Waals surface area contributed by atoms with Crippen molar-refractivity contribution in [3.8, 4) is 0 Å². The molecule has 1 aromatic heterocycles. The highest BCUT2D eigenvalue weighted by Crippen LogP contribution is 2.38. The van der Waals surface area contributed by atoms with Crippen LogP contribution in [0.1, 0.15) is 53.5 Å². The molecule has 0 saturated carbocycles. The van der Waals surface area contributed by atoms with Crippen LogP contribution in [0.3, 0.4) is 0 Å². The second-order valence-electron chi connectivity index (χ2n) is 11.4. The molecule has 5 heteroatoms. The quantitative estimate of drug-likeness (QED) is 0.316. The fraction of sp³-hybridized carbons (Fsp3) is 0.667. The van der Waals surface area contributed by atoms with E-state index in [1.54, 1.807) is 0 Å². The number of fused-ring (bicyclic) bond motifs is 1. The van der Waals surface area contributed by atoms with Gasteiger partial charge in [-0.1, -0.05) is 53.7 Å². The minimum atomic E-state index is -1.75. The first-order valence-corrected chi connectivity index (χ1v) is 16.8. The monoisotopic (exact) mass is 433 g/mol. The molecule has 0 aliphatic rings. The summed E-state index contributed by atoms with van der Waals surface area (Å²) in [7, 11) is -3.40. The number of hydrogen-bond donors (Lipinski definition) is 0. The molecule has 2 aromatic rings. The average Bonchev–Trinajstić information content (AvgIpc) is 2.98. The second kappa shape index (κ2) is 8.69. The predicted molar refractivity (Wildman–Crippen MR) is 132 cm³/mol. The first kappa shape index (κ1) is 24.4. The summed E-state index contributed by atoms with van der Waals surface area (Å²) in [6.45, 7) is 25.6. The van der Waals surface area contributed by atoms with E-state index in [-0.39, 0.29) is 10.1 Å². The van der Waals surface area contributed by atoms with Crippen LogP contribution >= 0.6 is 0 Å². The second-order valence-corrected chi connectivity index (χ2v) is 21.0. The summed E-state index contributed by atoms with van der Waals surface area (Å²) in [6.07, 6.45) is 3.26. The standard InChI is InChI=1S/C24H43NO2Si2/c1-23(2,3)28(7,8)26-18-12-16-25-17-15-21-20(13-11-14-22(21)25)19-27-29(9,10)24(4,5)6/h11,13-15,17H,12,16,18-19H2,1-10H3. The van der Waals surface area contributed by atoms with Gasteiger partial charge in [0.25, 0.3) is 0 Å². The van der Waals surface area contributed by atoms with Crippen molar-refractivity contribution in [3.05, 3.63) is 36.0 Å². The van der Waals surface area contributed by atoms with Gasteiger partial charge in [-0.2, -0.15) is 0 Å². The molecule has 0 radical (unpaired) electrons. The molecular weight excluding hydrogens is 390 g/mol. The van der Waals surface area contributed by atoms with E-state index in [1.807, 2.05) is 0 Å². The molecule has 0 aliphatic carbocycles. The topological polar surface area (TPSA) is 23.4 Å². The van der Waals surface area contributed by atoms with Gasteiger partial charge in [0.15, 0.2) is 16.6 Å². The molecule has 0 amide bonds. The molecule has 0 spiro atoms. The first-order valence-electron chi connectivity index (χ1n) is 11.0. The van der Waals surface area contributed by atoms with Crippen LogP contribution in [0.5, 0.6) is 0 Å². The zero-order chi connectivity index (χ0) is 22.1. The average molecular weight is 434 g/mol. The van der Waals surface area contributed by atoms with E-state index in [0.29, 0.717) is 6.61 Å². The Morgan fingerprint density at radius 2 is 1.41 bits per heavy atom. The summed E-state index contributed by atoms with van der Waals surface area (Å²) in [5.41, 5.74) is 2.59. The Balaban J connectivity index is 2.03. The smallest absolute Gasteiger partial charge is 0.192 e. The highest BCUT2D eigenvalue weighted by Gasteiger charge is 2.37. The number of aromatic nitrogens is 1. The van der Waals surface area contributed by atoms with E-state index < -0.39 is 16.6 Å². The Morgan fingerprint density at radius 1 is 0.828 bits per heavy atom. The third-order valence-corrected chi connectivity index (χ3v) is 16.1. The van der Waals surface area contributed by atoms with Gasteiger partial charge in [0.2, 0.25) is 0 Å². The number of rotatable bonds is 8. The van der Waals surface area contributed by atoms with Gasteiger partial charge in [0.1, 0.15) is 0 Å². The molecule has 164 valence electrons. The maximum Gasteiger partial charge on any atom is 0.192 e. The van der Waals surface area contributed by atoms with Crippen molar-refractivity contribution in [1.29, 1.82) is 0 Å². The van der Waals surface area contributed by atoms with E-state index in [4.69, 9.17) is 8.85 Å². The van der Waals surface area contributed by atoms with Gasteiger partial charge < -0.3 is 13.4 Å². The Labute approximate surface area is 181 Å². The number of hydrogen-bond acceptors (Lipinski definition) is 2. The molecule has 0 fully saturated rings. The van der Waals surface area contributed by atoms with Crippen molar-refractivity contribution in [2.24, 2.45) is 0 Å². The third-order valence-electron chi connectivity index (χ3n) is 7.11. The first-order chi connectivity index (χ1) is 13.2. The predicted octanol–water partition coefficient (Wildman–Crippen LogP) is 7.58. The lowest BCUT2D eigenvalue weighted by molar-refractivity contribution is 0.275. The normalized spacial score (nSPS) is 14.0. The molecular formula is C24H43NO2Si2. The maximum atomic E-state index is 6.48. The van der Waals surface area contributed by atoms with Crippen LogP contribution in [-0.2, 0) is 22.0 Å². The maximum absolute atomic E-state index is 6.48. The van der Waals surface area contributed by atoms with E-state index >= 15 is 0 Å². The lowest BCUT2D eigenvalue weighted by Crippen LogP contribution is -2.41. The molecule has 0 saturated heterocycles. The van der Waals surface area contributed by atoms with Gasteiger partial charge in [-0.15, -0.1) is 0 Å². The van der Waals surface area contributed by atoms with Gasteiger partial charge in [0.05, 0.1) is 6.61 Å². The molecule has 0 aliphatic heterocycles. The van der Waals surface area contributed by atoms with Gasteiger partial charge in [-0.05, 0) is 60.4 Å². The van der Waals surface area contributed by atoms with E-state index in [0.717, 1.165) is 19.6 Å². The zero-order valence-electron chi connectivity index (χ0n) is 20.5. The summed E-state index contributed by atoms with van der Waals surface area (Å²) < 4.78 is 15.2.